The number of aromatic nitrogens is 2. The van der Waals surface area contributed by atoms with E-state index in [9.17, 15) is 5.11 Å². The second-order valence-electron chi connectivity index (χ2n) is 5.22. The summed E-state index contributed by atoms with van der Waals surface area (Å²) in [5.74, 6) is 0.748. The smallest absolute Gasteiger partial charge is 0.255 e. The van der Waals surface area contributed by atoms with E-state index in [4.69, 9.17) is 9.26 Å². The lowest BCUT2D eigenvalue weighted by Gasteiger charge is -2.26. The summed E-state index contributed by atoms with van der Waals surface area (Å²) in [4.78, 5) is 6.57. The molecule has 0 radical (unpaired) electrons. The van der Waals surface area contributed by atoms with E-state index in [-0.39, 0.29) is 5.89 Å². The van der Waals surface area contributed by atoms with Crippen LogP contribution in [0.3, 0.4) is 0 Å². The lowest BCUT2D eigenvalue weighted by atomic mass is 10.1. The average molecular weight is 289 g/mol. The maximum absolute atomic E-state index is 9.44. The molecule has 1 N–H and O–H groups in total. The molecule has 0 spiro atoms. The highest BCUT2D eigenvalue weighted by Gasteiger charge is 2.14. The molecular formula is C15H19N3O3. The summed E-state index contributed by atoms with van der Waals surface area (Å²) in [5, 5.41) is 13.4. The zero-order valence-electron chi connectivity index (χ0n) is 12.0. The van der Waals surface area contributed by atoms with Crippen LogP contribution >= 0.6 is 0 Å². The van der Waals surface area contributed by atoms with E-state index in [2.05, 4.69) is 27.2 Å². The van der Waals surface area contributed by atoms with Crippen LogP contribution in [0, 0.1) is 0 Å². The minimum Gasteiger partial charge on any atom is -0.384 e. The third kappa shape index (κ3) is 3.47. The van der Waals surface area contributed by atoms with Gasteiger partial charge in [0.1, 0.15) is 6.10 Å². The van der Waals surface area contributed by atoms with Gasteiger partial charge in [-0.3, -0.25) is 4.90 Å². The molecule has 0 bridgehead atoms. The van der Waals surface area contributed by atoms with Crippen molar-refractivity contribution >= 4 is 0 Å². The Hall–Kier alpha value is -1.76. The molecule has 3 rings (SSSR count). The molecule has 0 aliphatic carbocycles. The summed E-state index contributed by atoms with van der Waals surface area (Å²) < 4.78 is 10.4. The highest BCUT2D eigenvalue weighted by atomic mass is 16.5. The molecule has 0 amide bonds. The van der Waals surface area contributed by atoms with Gasteiger partial charge in [-0.05, 0) is 18.6 Å². The Kier molecular flexibility index (Phi) is 4.28. The van der Waals surface area contributed by atoms with Crippen molar-refractivity contribution < 1.29 is 14.4 Å². The SMILES string of the molecule is CC(O)c1nc(-c2cccc(CN3CCOCC3)c2)no1. The molecule has 6 heteroatoms. The van der Waals surface area contributed by atoms with Crippen LogP contribution in [-0.2, 0) is 11.3 Å². The molecule has 1 aliphatic heterocycles. The standard InChI is InChI=1S/C15H19N3O3/c1-11(19)15-16-14(17-21-15)13-4-2-3-12(9-13)10-18-5-7-20-8-6-18/h2-4,9,11,19H,5-8,10H2,1H3. The van der Waals surface area contributed by atoms with E-state index in [1.54, 1.807) is 6.92 Å². The Balaban J connectivity index is 1.75. The van der Waals surface area contributed by atoms with Gasteiger partial charge in [0.05, 0.1) is 13.2 Å². The predicted octanol–water partition coefficient (Wildman–Crippen LogP) is 1.62. The van der Waals surface area contributed by atoms with Crippen molar-refractivity contribution in [2.75, 3.05) is 26.3 Å². The molecule has 1 fully saturated rings. The van der Waals surface area contributed by atoms with E-state index in [0.29, 0.717) is 5.82 Å². The number of morpholine rings is 1. The second-order valence-corrected chi connectivity index (χ2v) is 5.22. The summed E-state index contributed by atoms with van der Waals surface area (Å²) in [6, 6.07) is 8.09. The number of aliphatic hydroxyl groups excluding tert-OH is 1. The van der Waals surface area contributed by atoms with E-state index >= 15 is 0 Å². The molecule has 2 heterocycles. The topological polar surface area (TPSA) is 71.6 Å². The third-order valence-corrected chi connectivity index (χ3v) is 3.49. The van der Waals surface area contributed by atoms with Crippen LogP contribution < -0.4 is 0 Å². The first-order valence-electron chi connectivity index (χ1n) is 7.13. The van der Waals surface area contributed by atoms with Gasteiger partial charge in [-0.1, -0.05) is 23.4 Å². The van der Waals surface area contributed by atoms with Crippen molar-refractivity contribution in [2.45, 2.75) is 19.6 Å². The van der Waals surface area contributed by atoms with Crippen LogP contribution in [0.25, 0.3) is 11.4 Å². The first-order chi connectivity index (χ1) is 10.2. The van der Waals surface area contributed by atoms with E-state index in [1.165, 1.54) is 5.56 Å². The van der Waals surface area contributed by atoms with Crippen molar-refractivity contribution in [1.82, 2.24) is 15.0 Å². The molecule has 21 heavy (non-hydrogen) atoms. The van der Waals surface area contributed by atoms with Crippen molar-refractivity contribution in [1.29, 1.82) is 0 Å². The quantitative estimate of drug-likeness (QED) is 0.922. The van der Waals surface area contributed by atoms with Crippen molar-refractivity contribution in [3.05, 3.63) is 35.7 Å². The molecule has 1 unspecified atom stereocenters. The molecule has 6 nitrogen and oxygen atoms in total. The molecule has 1 atom stereocenters. The summed E-state index contributed by atoms with van der Waals surface area (Å²) >= 11 is 0. The Morgan fingerprint density at radius 1 is 1.33 bits per heavy atom. The molecule has 1 aliphatic rings. The summed E-state index contributed by atoms with van der Waals surface area (Å²) in [5.41, 5.74) is 2.11. The largest absolute Gasteiger partial charge is 0.384 e. The summed E-state index contributed by atoms with van der Waals surface area (Å²) in [7, 11) is 0. The minimum atomic E-state index is -0.747. The van der Waals surface area contributed by atoms with Crippen LogP contribution in [0.4, 0.5) is 0 Å². The normalized spacial score (nSPS) is 17.8. The number of benzene rings is 1. The summed E-state index contributed by atoms with van der Waals surface area (Å²) in [6.45, 7) is 5.99. The van der Waals surface area contributed by atoms with Gasteiger partial charge < -0.3 is 14.4 Å². The predicted molar refractivity (Wildman–Crippen MR) is 76.5 cm³/mol. The van der Waals surface area contributed by atoms with Gasteiger partial charge in [0.2, 0.25) is 5.82 Å². The highest BCUT2D eigenvalue weighted by molar-refractivity contribution is 5.55. The van der Waals surface area contributed by atoms with Gasteiger partial charge in [0.15, 0.2) is 0 Å². The monoisotopic (exact) mass is 289 g/mol. The van der Waals surface area contributed by atoms with Crippen LogP contribution in [0.5, 0.6) is 0 Å². The fourth-order valence-electron chi connectivity index (χ4n) is 2.35. The van der Waals surface area contributed by atoms with Gasteiger partial charge in [-0.25, -0.2) is 0 Å². The van der Waals surface area contributed by atoms with Gasteiger partial charge in [-0.2, -0.15) is 4.98 Å². The maximum Gasteiger partial charge on any atom is 0.255 e. The van der Waals surface area contributed by atoms with Crippen LogP contribution in [0.15, 0.2) is 28.8 Å². The van der Waals surface area contributed by atoms with Crippen molar-refractivity contribution in [3.8, 4) is 11.4 Å². The Labute approximate surface area is 123 Å². The molecule has 1 saturated heterocycles. The van der Waals surface area contributed by atoms with Crippen molar-refractivity contribution in [2.24, 2.45) is 0 Å². The van der Waals surface area contributed by atoms with Crippen LogP contribution in [-0.4, -0.2) is 46.5 Å². The zero-order valence-corrected chi connectivity index (χ0v) is 12.0. The van der Waals surface area contributed by atoms with Gasteiger partial charge in [0, 0.05) is 25.2 Å². The molecule has 0 saturated carbocycles. The van der Waals surface area contributed by atoms with Crippen molar-refractivity contribution in [3.63, 3.8) is 0 Å². The first-order valence-corrected chi connectivity index (χ1v) is 7.13. The third-order valence-electron chi connectivity index (χ3n) is 3.49. The number of nitrogens with zero attached hydrogens (tertiary/aromatic N) is 3. The first kappa shape index (κ1) is 14.2. The second kappa shape index (κ2) is 6.34. The Morgan fingerprint density at radius 3 is 2.86 bits per heavy atom. The Bertz CT molecular complexity index is 591. The van der Waals surface area contributed by atoms with Gasteiger partial charge in [0.25, 0.3) is 5.89 Å². The molecule has 2 aromatic rings. The lowest BCUT2D eigenvalue weighted by molar-refractivity contribution is 0.0342. The lowest BCUT2D eigenvalue weighted by Crippen LogP contribution is -2.35. The van der Waals surface area contributed by atoms with Crippen LogP contribution in [0.2, 0.25) is 0 Å². The minimum absolute atomic E-state index is 0.239. The summed E-state index contributed by atoms with van der Waals surface area (Å²) in [6.07, 6.45) is -0.747. The number of aliphatic hydroxyl groups is 1. The zero-order chi connectivity index (χ0) is 14.7. The Morgan fingerprint density at radius 2 is 2.14 bits per heavy atom. The fraction of sp³-hybridized carbons (Fsp3) is 0.467. The average Bonchev–Trinajstić information content (AvgIpc) is 2.99. The van der Waals surface area contributed by atoms with E-state index in [0.717, 1.165) is 38.4 Å². The maximum atomic E-state index is 9.44. The van der Waals surface area contributed by atoms with Gasteiger partial charge in [-0.15, -0.1) is 0 Å². The number of hydrogen-bond acceptors (Lipinski definition) is 6. The number of ether oxygens (including phenoxy) is 1. The number of rotatable bonds is 4. The molecular weight excluding hydrogens is 270 g/mol. The number of hydrogen-bond donors (Lipinski definition) is 1. The fourth-order valence-corrected chi connectivity index (χ4v) is 2.35. The van der Waals surface area contributed by atoms with E-state index < -0.39 is 6.10 Å². The van der Waals surface area contributed by atoms with E-state index in [1.807, 2.05) is 12.1 Å². The van der Waals surface area contributed by atoms with Crippen LogP contribution in [0.1, 0.15) is 24.5 Å². The van der Waals surface area contributed by atoms with Gasteiger partial charge >= 0.3 is 0 Å². The molecule has 112 valence electrons. The molecule has 1 aromatic heterocycles. The molecule has 1 aromatic carbocycles. The highest BCUT2D eigenvalue weighted by Crippen LogP contribution is 2.20.